The second kappa shape index (κ2) is 12.5. The number of hydrogen-bond acceptors (Lipinski definition) is 4. The Morgan fingerprint density at radius 1 is 1.15 bits per heavy atom. The summed E-state index contributed by atoms with van der Waals surface area (Å²) in [6.45, 7) is 14.3. The van der Waals surface area contributed by atoms with Gasteiger partial charge >= 0.3 is 5.97 Å². The van der Waals surface area contributed by atoms with Crippen LogP contribution < -0.4 is 0 Å². The smallest absolute Gasteiger partial charge is 0.355 e. The van der Waals surface area contributed by atoms with Gasteiger partial charge in [-0.2, -0.15) is 0 Å². The van der Waals surface area contributed by atoms with Crippen molar-refractivity contribution in [3.63, 3.8) is 0 Å². The summed E-state index contributed by atoms with van der Waals surface area (Å²) in [5, 5.41) is 0. The van der Waals surface area contributed by atoms with Gasteiger partial charge in [0.1, 0.15) is 12.4 Å². The molecule has 0 unspecified atom stereocenters. The number of esters is 1. The van der Waals surface area contributed by atoms with Gasteiger partial charge in [-0.05, 0) is 48.1 Å². The molecular weight excluding hydrogens is 442 g/mol. The van der Waals surface area contributed by atoms with E-state index < -0.39 is 8.07 Å². The molecule has 0 saturated carbocycles. The largest absolute Gasteiger partial charge is 0.460 e. The Labute approximate surface area is 206 Å². The fourth-order valence-corrected chi connectivity index (χ4v) is 4.82. The summed E-state index contributed by atoms with van der Waals surface area (Å²) in [5.41, 5.74) is 3.95. The first-order valence-corrected chi connectivity index (χ1v) is 16.2. The third kappa shape index (κ3) is 7.69. The van der Waals surface area contributed by atoms with Gasteiger partial charge in [-0.3, -0.25) is 0 Å². The molecule has 1 aliphatic rings. The van der Waals surface area contributed by atoms with Crippen LogP contribution in [-0.2, 0) is 27.5 Å². The summed E-state index contributed by atoms with van der Waals surface area (Å²) in [4.78, 5) is 12.7. The Kier molecular flexibility index (Phi) is 9.74. The molecule has 0 saturated heterocycles. The van der Waals surface area contributed by atoms with Crippen molar-refractivity contribution in [3.8, 4) is 0 Å². The van der Waals surface area contributed by atoms with E-state index in [-0.39, 0.29) is 11.9 Å². The highest BCUT2D eigenvalue weighted by atomic mass is 28.3. The highest BCUT2D eigenvalue weighted by molar-refractivity contribution is 6.76. The Morgan fingerprint density at radius 3 is 2.62 bits per heavy atom. The molecule has 1 aliphatic heterocycles. The van der Waals surface area contributed by atoms with Crippen LogP contribution in [0, 0.1) is 5.92 Å². The second-order valence-corrected chi connectivity index (χ2v) is 16.3. The minimum Gasteiger partial charge on any atom is -0.460 e. The zero-order valence-electron chi connectivity index (χ0n) is 21.5. The normalized spacial score (nSPS) is 16.3. The molecule has 3 rings (SSSR count). The Morgan fingerprint density at radius 2 is 1.91 bits per heavy atom. The van der Waals surface area contributed by atoms with E-state index in [2.05, 4.69) is 63.8 Å². The fraction of sp³-hybridized carbons (Fsp3) is 0.536. The van der Waals surface area contributed by atoms with Crippen LogP contribution in [0.5, 0.6) is 0 Å². The lowest BCUT2D eigenvalue weighted by Crippen LogP contribution is -2.27. The van der Waals surface area contributed by atoms with E-state index in [0.717, 1.165) is 36.8 Å². The van der Waals surface area contributed by atoms with Crippen LogP contribution >= 0.6 is 0 Å². The molecule has 1 aromatic carbocycles. The molecule has 5 nitrogen and oxygen atoms in total. The average Bonchev–Trinajstić information content (AvgIpc) is 3.15. The number of nitrogens with zero attached hydrogens (tertiary/aromatic N) is 1. The molecule has 0 radical (unpaired) electrons. The third-order valence-corrected chi connectivity index (χ3v) is 7.93. The number of ether oxygens (including phenoxy) is 3. The van der Waals surface area contributed by atoms with Crippen LogP contribution in [0.1, 0.15) is 59.9 Å². The molecule has 2 aromatic rings. The molecule has 1 atom stereocenters. The maximum absolute atomic E-state index is 12.7. The highest BCUT2D eigenvalue weighted by Crippen LogP contribution is 2.35. The van der Waals surface area contributed by atoms with Crippen molar-refractivity contribution in [2.75, 3.05) is 19.8 Å². The second-order valence-electron chi connectivity index (χ2n) is 10.7. The van der Waals surface area contributed by atoms with Crippen molar-refractivity contribution in [2.24, 2.45) is 5.92 Å². The molecule has 0 spiro atoms. The predicted molar refractivity (Wildman–Crippen MR) is 141 cm³/mol. The first-order valence-electron chi connectivity index (χ1n) is 12.5. The summed E-state index contributed by atoms with van der Waals surface area (Å²) in [7, 11) is -1.17. The number of cyclic esters (lactones) is 1. The van der Waals surface area contributed by atoms with Crippen LogP contribution in [-0.4, -0.2) is 38.4 Å². The van der Waals surface area contributed by atoms with Gasteiger partial charge in [-0.1, -0.05) is 69.9 Å². The third-order valence-electron chi connectivity index (χ3n) is 6.23. The summed E-state index contributed by atoms with van der Waals surface area (Å²) < 4.78 is 19.4. The topological polar surface area (TPSA) is 49.7 Å². The van der Waals surface area contributed by atoms with Gasteiger partial charge in [-0.25, -0.2) is 4.79 Å². The van der Waals surface area contributed by atoms with Gasteiger partial charge in [0, 0.05) is 32.9 Å². The number of fused-ring (bicyclic) bond motifs is 1. The summed E-state index contributed by atoms with van der Waals surface area (Å²) in [6, 6.07) is 13.5. The summed E-state index contributed by atoms with van der Waals surface area (Å²) in [6.07, 6.45) is 6.15. The van der Waals surface area contributed by atoms with Crippen LogP contribution in [0.15, 0.2) is 42.5 Å². The Bertz CT molecular complexity index is 943. The van der Waals surface area contributed by atoms with Gasteiger partial charge in [0.2, 0.25) is 0 Å². The number of aromatic nitrogens is 1. The van der Waals surface area contributed by atoms with Gasteiger partial charge in [0.25, 0.3) is 0 Å². The van der Waals surface area contributed by atoms with Crippen molar-refractivity contribution in [3.05, 3.63) is 65.0 Å². The monoisotopic (exact) mass is 483 g/mol. The molecule has 0 amide bonds. The number of rotatable bonds is 13. The SMILES string of the molecule is CC(C)[C@H]1COC(=O)c2c1cc(/C=C/CCCOCc1ccccc1)n2COCC[Si](C)(C)C. The molecule has 34 heavy (non-hydrogen) atoms. The molecule has 0 fully saturated rings. The van der Waals surface area contributed by atoms with Crippen LogP contribution in [0.25, 0.3) is 6.08 Å². The predicted octanol–water partition coefficient (Wildman–Crippen LogP) is 6.72. The van der Waals surface area contributed by atoms with E-state index in [0.29, 0.717) is 38.2 Å². The molecule has 0 bridgehead atoms. The van der Waals surface area contributed by atoms with E-state index in [9.17, 15) is 4.79 Å². The number of allylic oxidation sites excluding steroid dienone is 1. The highest BCUT2D eigenvalue weighted by Gasteiger charge is 2.33. The standard InChI is InChI=1S/C28H41NO4Si/c1-22(2)26-20-33-28(30)27-25(26)18-24(29(27)21-32-16-17-34(3,4)5)14-10-7-11-15-31-19-23-12-8-6-9-13-23/h6,8-10,12-14,18,22,26H,7,11,15-17,19-21H2,1-5H3/b14-10+/t26-/m1/s1. The van der Waals surface area contributed by atoms with Gasteiger partial charge in [-0.15, -0.1) is 0 Å². The maximum atomic E-state index is 12.7. The van der Waals surface area contributed by atoms with Crippen LogP contribution in [0.2, 0.25) is 25.7 Å². The minimum absolute atomic E-state index is 0.217. The lowest BCUT2D eigenvalue weighted by atomic mass is 9.87. The van der Waals surface area contributed by atoms with E-state index in [1.54, 1.807) is 0 Å². The zero-order chi connectivity index (χ0) is 24.6. The molecular formula is C28H41NO4Si. The average molecular weight is 484 g/mol. The van der Waals surface area contributed by atoms with Crippen molar-refractivity contribution in [1.29, 1.82) is 0 Å². The molecule has 1 aromatic heterocycles. The molecule has 6 heteroatoms. The van der Waals surface area contributed by atoms with Crippen LogP contribution in [0.4, 0.5) is 0 Å². The first-order chi connectivity index (χ1) is 16.3. The van der Waals surface area contributed by atoms with Gasteiger partial charge in [0.05, 0.1) is 13.2 Å². The van der Waals surface area contributed by atoms with Gasteiger partial charge in [0.15, 0.2) is 0 Å². The van der Waals surface area contributed by atoms with Crippen molar-refractivity contribution in [1.82, 2.24) is 4.57 Å². The maximum Gasteiger partial charge on any atom is 0.355 e. The first kappa shape index (κ1) is 26.5. The lowest BCUT2D eigenvalue weighted by molar-refractivity contribution is 0.0362. The van der Waals surface area contributed by atoms with E-state index in [1.807, 2.05) is 22.8 Å². The van der Waals surface area contributed by atoms with Crippen molar-refractivity contribution < 1.29 is 19.0 Å². The fourth-order valence-electron chi connectivity index (χ4n) is 4.06. The van der Waals surface area contributed by atoms with E-state index in [1.165, 1.54) is 5.56 Å². The number of carbonyl (C=O) groups excluding carboxylic acids is 1. The van der Waals surface area contributed by atoms with Crippen LogP contribution in [0.3, 0.4) is 0 Å². The Hall–Kier alpha value is -2.15. The van der Waals surface area contributed by atoms with Crippen molar-refractivity contribution >= 4 is 20.1 Å². The summed E-state index contributed by atoms with van der Waals surface area (Å²) >= 11 is 0. The minimum atomic E-state index is -1.17. The lowest BCUT2D eigenvalue weighted by Gasteiger charge is -2.26. The molecule has 0 aliphatic carbocycles. The summed E-state index contributed by atoms with van der Waals surface area (Å²) in [5.74, 6) is 0.373. The van der Waals surface area contributed by atoms with Crippen molar-refractivity contribution in [2.45, 2.75) is 71.6 Å². The number of carbonyl (C=O) groups is 1. The number of hydrogen-bond donors (Lipinski definition) is 0. The van der Waals surface area contributed by atoms with E-state index >= 15 is 0 Å². The quantitative estimate of drug-likeness (QED) is 0.180. The number of benzene rings is 1. The zero-order valence-corrected chi connectivity index (χ0v) is 22.5. The van der Waals surface area contributed by atoms with E-state index in [4.69, 9.17) is 14.2 Å². The molecule has 2 heterocycles. The number of unbranched alkanes of at least 4 members (excludes halogenated alkanes) is 1. The molecule has 186 valence electrons. The van der Waals surface area contributed by atoms with Gasteiger partial charge < -0.3 is 18.8 Å². The molecule has 0 N–H and O–H groups in total. The Balaban J connectivity index is 1.63.